The topological polar surface area (TPSA) is 71.1 Å². The molecule has 0 saturated carbocycles. The molecule has 1 heterocycles. The van der Waals surface area contributed by atoms with Gasteiger partial charge < -0.3 is 5.32 Å². The summed E-state index contributed by atoms with van der Waals surface area (Å²) in [6, 6.07) is 12.0. The molecule has 8 heteroatoms. The van der Waals surface area contributed by atoms with Gasteiger partial charge in [0.15, 0.2) is 5.13 Å². The normalized spacial score (nSPS) is 10.5. The molecule has 0 fully saturated rings. The second kappa shape index (κ2) is 8.05. The highest BCUT2D eigenvalue weighted by atomic mass is 32.1. The highest BCUT2D eigenvalue weighted by Crippen LogP contribution is 2.23. The quantitative estimate of drug-likeness (QED) is 0.697. The third-order valence-electron chi connectivity index (χ3n) is 3.69. The molecule has 1 aromatic heterocycles. The van der Waals surface area contributed by atoms with Crippen LogP contribution in [0, 0.1) is 18.6 Å². The van der Waals surface area contributed by atoms with Crippen LogP contribution >= 0.6 is 11.3 Å². The summed E-state index contributed by atoms with van der Waals surface area (Å²) in [5, 5.41) is 5.31. The van der Waals surface area contributed by atoms with E-state index in [2.05, 4.69) is 15.6 Å². The summed E-state index contributed by atoms with van der Waals surface area (Å²) in [6.45, 7) is 1.99. The molecule has 0 radical (unpaired) electrons. The number of anilines is 1. The van der Waals surface area contributed by atoms with Crippen LogP contribution in [0.3, 0.4) is 0 Å². The molecule has 0 aliphatic heterocycles. The summed E-state index contributed by atoms with van der Waals surface area (Å²) in [5.74, 6) is -2.73. The Hall–Kier alpha value is -3.13. The first-order valence-electron chi connectivity index (χ1n) is 8.00. The van der Waals surface area contributed by atoms with Crippen molar-refractivity contribution >= 4 is 28.3 Å². The van der Waals surface area contributed by atoms with Crippen LogP contribution in [0.25, 0.3) is 0 Å². The summed E-state index contributed by atoms with van der Waals surface area (Å²) in [7, 11) is 0. The predicted octanol–water partition coefficient (Wildman–Crippen LogP) is 3.91. The Balaban J connectivity index is 1.69. The minimum absolute atomic E-state index is 0.131. The van der Waals surface area contributed by atoms with Gasteiger partial charge in [-0.25, -0.2) is 13.8 Å². The van der Waals surface area contributed by atoms with Gasteiger partial charge in [0.05, 0.1) is 11.3 Å². The van der Waals surface area contributed by atoms with Gasteiger partial charge in [0.25, 0.3) is 11.8 Å². The molecule has 0 saturated heterocycles. The standard InChI is InChI=1S/C19H15F2N3O2S/c1-11-16(18(26)22-10-12-5-3-2-4-6-12)27-19(23-11)24-17(25)14-9-13(20)7-8-15(14)21/h2-9H,10H2,1H3,(H,22,26)(H,23,24,25). The second-order valence-electron chi connectivity index (χ2n) is 5.68. The average molecular weight is 387 g/mol. The molecule has 0 atom stereocenters. The SMILES string of the molecule is Cc1nc(NC(=O)c2cc(F)ccc2F)sc1C(=O)NCc1ccccc1. The lowest BCUT2D eigenvalue weighted by Gasteiger charge is -2.04. The van der Waals surface area contributed by atoms with Crippen LogP contribution in [0.15, 0.2) is 48.5 Å². The molecule has 2 aromatic carbocycles. The molecule has 2 N–H and O–H groups in total. The highest BCUT2D eigenvalue weighted by molar-refractivity contribution is 7.17. The van der Waals surface area contributed by atoms with Gasteiger partial charge in [0, 0.05) is 6.54 Å². The molecule has 27 heavy (non-hydrogen) atoms. The first-order chi connectivity index (χ1) is 12.9. The average Bonchev–Trinajstić information content (AvgIpc) is 3.02. The zero-order valence-corrected chi connectivity index (χ0v) is 15.1. The van der Waals surface area contributed by atoms with Gasteiger partial charge in [-0.05, 0) is 30.7 Å². The number of carbonyl (C=O) groups is 2. The molecule has 3 rings (SSSR count). The van der Waals surface area contributed by atoms with Gasteiger partial charge in [0.1, 0.15) is 16.5 Å². The molecule has 5 nitrogen and oxygen atoms in total. The summed E-state index contributed by atoms with van der Waals surface area (Å²) in [6.07, 6.45) is 0. The molecule has 0 unspecified atom stereocenters. The zero-order valence-electron chi connectivity index (χ0n) is 14.3. The van der Waals surface area contributed by atoms with Gasteiger partial charge in [0.2, 0.25) is 0 Å². The monoisotopic (exact) mass is 387 g/mol. The van der Waals surface area contributed by atoms with Crippen LogP contribution in [0.2, 0.25) is 0 Å². The maximum atomic E-state index is 13.7. The van der Waals surface area contributed by atoms with E-state index in [-0.39, 0.29) is 11.0 Å². The van der Waals surface area contributed by atoms with E-state index in [0.29, 0.717) is 17.1 Å². The van der Waals surface area contributed by atoms with Gasteiger partial charge >= 0.3 is 0 Å². The Bertz CT molecular complexity index is 990. The molecule has 0 aliphatic carbocycles. The molecule has 0 spiro atoms. The lowest BCUT2D eigenvalue weighted by atomic mass is 10.2. The van der Waals surface area contributed by atoms with Crippen LogP contribution in [-0.2, 0) is 6.54 Å². The number of nitrogens with zero attached hydrogens (tertiary/aromatic N) is 1. The zero-order chi connectivity index (χ0) is 19.4. The Morgan fingerprint density at radius 3 is 2.56 bits per heavy atom. The van der Waals surface area contributed by atoms with Crippen molar-refractivity contribution in [1.82, 2.24) is 10.3 Å². The van der Waals surface area contributed by atoms with Gasteiger partial charge in [-0.3, -0.25) is 14.9 Å². The van der Waals surface area contributed by atoms with E-state index < -0.39 is 23.1 Å². The van der Waals surface area contributed by atoms with Crippen molar-refractivity contribution in [2.24, 2.45) is 0 Å². The lowest BCUT2D eigenvalue weighted by molar-refractivity contribution is 0.0953. The first kappa shape index (κ1) is 18.7. The van der Waals surface area contributed by atoms with Crippen LogP contribution in [-0.4, -0.2) is 16.8 Å². The number of carbonyl (C=O) groups excluding carboxylic acids is 2. The van der Waals surface area contributed by atoms with Gasteiger partial charge in [-0.1, -0.05) is 41.7 Å². The number of benzene rings is 2. The van der Waals surface area contributed by atoms with Crippen molar-refractivity contribution in [3.05, 3.63) is 81.9 Å². The third kappa shape index (κ3) is 4.53. The fourth-order valence-electron chi connectivity index (χ4n) is 2.35. The number of halogens is 2. The fourth-order valence-corrected chi connectivity index (χ4v) is 3.23. The smallest absolute Gasteiger partial charge is 0.263 e. The van der Waals surface area contributed by atoms with Crippen LogP contribution in [0.4, 0.5) is 13.9 Å². The first-order valence-corrected chi connectivity index (χ1v) is 8.81. The molecular formula is C19H15F2N3O2S. The number of aryl methyl sites for hydroxylation is 1. The predicted molar refractivity (Wildman–Crippen MR) is 98.8 cm³/mol. The molecule has 138 valence electrons. The summed E-state index contributed by atoms with van der Waals surface area (Å²) in [5.41, 5.74) is 0.946. The number of amides is 2. The van der Waals surface area contributed by atoms with E-state index in [1.54, 1.807) is 6.92 Å². The van der Waals surface area contributed by atoms with Gasteiger partial charge in [-0.15, -0.1) is 0 Å². The minimum Gasteiger partial charge on any atom is -0.347 e. The molecule has 3 aromatic rings. The Morgan fingerprint density at radius 2 is 1.81 bits per heavy atom. The number of thiazole rings is 1. The second-order valence-corrected chi connectivity index (χ2v) is 6.68. The fraction of sp³-hybridized carbons (Fsp3) is 0.105. The Labute approximate surface area is 158 Å². The minimum atomic E-state index is -0.844. The van der Waals surface area contributed by atoms with Crippen LogP contribution in [0.5, 0.6) is 0 Å². The number of hydrogen-bond acceptors (Lipinski definition) is 4. The summed E-state index contributed by atoms with van der Waals surface area (Å²) in [4.78, 5) is 28.9. The van der Waals surface area contributed by atoms with E-state index >= 15 is 0 Å². The van der Waals surface area contributed by atoms with Crippen molar-refractivity contribution in [1.29, 1.82) is 0 Å². The lowest BCUT2D eigenvalue weighted by Crippen LogP contribution is -2.22. The van der Waals surface area contributed by atoms with Crippen molar-refractivity contribution in [3.8, 4) is 0 Å². The van der Waals surface area contributed by atoms with Crippen molar-refractivity contribution < 1.29 is 18.4 Å². The molecule has 0 bridgehead atoms. The van der Waals surface area contributed by atoms with E-state index in [1.807, 2.05) is 30.3 Å². The Morgan fingerprint density at radius 1 is 1.07 bits per heavy atom. The number of nitrogens with one attached hydrogen (secondary N) is 2. The molecule has 0 aliphatic rings. The van der Waals surface area contributed by atoms with Crippen LogP contribution < -0.4 is 10.6 Å². The van der Waals surface area contributed by atoms with Crippen molar-refractivity contribution in [3.63, 3.8) is 0 Å². The number of aromatic nitrogens is 1. The van der Waals surface area contributed by atoms with E-state index in [0.717, 1.165) is 35.1 Å². The molecule has 2 amide bonds. The van der Waals surface area contributed by atoms with E-state index in [4.69, 9.17) is 0 Å². The largest absolute Gasteiger partial charge is 0.347 e. The number of rotatable bonds is 5. The summed E-state index contributed by atoms with van der Waals surface area (Å²) < 4.78 is 26.9. The summed E-state index contributed by atoms with van der Waals surface area (Å²) >= 11 is 0.965. The maximum absolute atomic E-state index is 13.7. The van der Waals surface area contributed by atoms with Crippen molar-refractivity contribution in [2.45, 2.75) is 13.5 Å². The van der Waals surface area contributed by atoms with Gasteiger partial charge in [-0.2, -0.15) is 0 Å². The third-order valence-corrected chi connectivity index (χ3v) is 4.76. The van der Waals surface area contributed by atoms with Crippen molar-refractivity contribution in [2.75, 3.05) is 5.32 Å². The van der Waals surface area contributed by atoms with Crippen LogP contribution in [0.1, 0.15) is 31.3 Å². The molecular weight excluding hydrogens is 372 g/mol. The number of hydrogen-bond donors (Lipinski definition) is 2. The van der Waals surface area contributed by atoms with E-state index in [9.17, 15) is 18.4 Å². The Kier molecular flexibility index (Phi) is 5.56. The van der Waals surface area contributed by atoms with E-state index in [1.165, 1.54) is 0 Å². The maximum Gasteiger partial charge on any atom is 0.263 e. The highest BCUT2D eigenvalue weighted by Gasteiger charge is 2.19.